The Morgan fingerprint density at radius 1 is 0.520 bits per heavy atom. The topological polar surface area (TPSA) is 0 Å². The Morgan fingerprint density at radius 3 is 1.04 bits per heavy atom. The van der Waals surface area contributed by atoms with Crippen molar-refractivity contribution in [1.82, 2.24) is 0 Å². The Kier molecular flexibility index (Phi) is 7.25. The fourth-order valence-corrected chi connectivity index (χ4v) is 3.50. The molecule has 0 aliphatic rings. The second-order valence-corrected chi connectivity index (χ2v) is 7.42. The molecule has 0 atom stereocenters. The second kappa shape index (κ2) is 8.79. The Hall–Kier alpha value is -0.704. The van der Waals surface area contributed by atoms with Crippen LogP contribution in [-0.2, 0) is 5.41 Å². The van der Waals surface area contributed by atoms with E-state index in [4.69, 9.17) is 0 Å². The largest absolute Gasteiger partial charge is 1.00 e. The van der Waals surface area contributed by atoms with Gasteiger partial charge in [-0.25, -0.2) is 0 Å². The van der Waals surface area contributed by atoms with E-state index < -0.39 is 0 Å². The molecule has 0 heterocycles. The number of hydrogen-bond donors (Lipinski definition) is 0. The van der Waals surface area contributed by atoms with Crippen LogP contribution < -0.4 is 51.4 Å². The summed E-state index contributed by atoms with van der Waals surface area (Å²) < 4.78 is 0. The molecule has 3 aromatic rings. The van der Waals surface area contributed by atoms with E-state index in [2.05, 4.69) is 118 Å². The van der Waals surface area contributed by atoms with Gasteiger partial charge in [0, 0.05) is 0 Å². The van der Waals surface area contributed by atoms with Crippen LogP contribution in [0.1, 0.15) is 37.5 Å². The molecule has 0 unspecified atom stereocenters. The molecule has 0 bridgehead atoms. The van der Waals surface area contributed by atoms with Gasteiger partial charge in [-0.3, -0.25) is 0 Å². The van der Waals surface area contributed by atoms with E-state index in [0.29, 0.717) is 0 Å². The normalized spacial score (nSPS) is 11.6. The predicted octanol–water partition coefficient (Wildman–Crippen LogP) is 3.28. The van der Waals surface area contributed by atoms with Gasteiger partial charge in [-0.2, -0.15) is 5.41 Å². The average Bonchev–Trinajstić information content (AvgIpc) is 2.61. The molecule has 0 fully saturated rings. The van der Waals surface area contributed by atoms with Crippen molar-refractivity contribution in [2.45, 2.75) is 26.2 Å². The number of hydrogen-bond acceptors (Lipinski definition) is 0. The van der Waals surface area contributed by atoms with Crippen LogP contribution in [0.4, 0.5) is 0 Å². The molecule has 25 heavy (non-hydrogen) atoms. The summed E-state index contributed by atoms with van der Waals surface area (Å²) in [6.45, 7) is 6.82. The van der Waals surface area contributed by atoms with Crippen LogP contribution in [-0.4, -0.2) is 0 Å². The summed E-state index contributed by atoms with van der Waals surface area (Å²) in [7, 11) is 0. The monoisotopic (exact) mass is 352 g/mol. The van der Waals surface area contributed by atoms with Gasteiger partial charge < -0.3 is 6.42 Å². The third-order valence-corrected chi connectivity index (χ3v) is 4.34. The van der Waals surface area contributed by atoms with E-state index >= 15 is 0 Å². The van der Waals surface area contributed by atoms with Gasteiger partial charge in [0.2, 0.25) is 0 Å². The van der Waals surface area contributed by atoms with Crippen molar-refractivity contribution < 1.29 is 51.4 Å². The fourth-order valence-electron chi connectivity index (χ4n) is 3.50. The maximum Gasteiger partial charge on any atom is 1.00 e. The summed E-state index contributed by atoms with van der Waals surface area (Å²) in [5.74, 6) is 0. The molecule has 0 spiro atoms. The van der Waals surface area contributed by atoms with Gasteiger partial charge in [-0.1, -0.05) is 134 Å². The molecule has 0 saturated carbocycles. The van der Waals surface area contributed by atoms with Gasteiger partial charge in [-0.05, 0) is 0 Å². The summed E-state index contributed by atoms with van der Waals surface area (Å²) in [5, 5.41) is 0. The van der Waals surface area contributed by atoms with Gasteiger partial charge in [0.15, 0.2) is 0 Å². The number of benzene rings is 3. The van der Waals surface area contributed by atoms with Crippen molar-refractivity contribution in [3.05, 3.63) is 114 Å². The molecule has 122 valence electrons. The first-order valence-electron chi connectivity index (χ1n) is 8.56. The van der Waals surface area contributed by atoms with E-state index in [1.54, 1.807) is 0 Å². The van der Waals surface area contributed by atoms with E-state index in [9.17, 15) is 0 Å². The average molecular weight is 353 g/mol. The second-order valence-electron chi connectivity index (χ2n) is 7.42. The maximum atomic E-state index is 2.49. The molecule has 0 amide bonds. The van der Waals surface area contributed by atoms with Crippen LogP contribution in [0.3, 0.4) is 0 Å². The molecule has 0 aliphatic carbocycles. The van der Waals surface area contributed by atoms with Crippen molar-refractivity contribution in [1.29, 1.82) is 0 Å². The molecular formula is C24H25K. The Morgan fingerprint density at radius 2 is 0.800 bits per heavy atom. The molecule has 3 rings (SSSR count). The minimum Gasteiger partial charge on any atom is -0.304 e. The third kappa shape index (κ3) is 4.72. The molecule has 0 saturated heterocycles. The molecule has 3 aromatic carbocycles. The molecule has 0 N–H and O–H groups in total. The zero-order chi connectivity index (χ0) is 17.0. The Bertz CT molecular complexity index is 659. The van der Waals surface area contributed by atoms with Crippen molar-refractivity contribution in [2.24, 2.45) is 5.41 Å². The summed E-state index contributed by atoms with van der Waals surface area (Å²) in [5.41, 5.74) is 3.72. The zero-order valence-corrected chi connectivity index (χ0v) is 18.9. The van der Waals surface area contributed by atoms with Crippen LogP contribution in [0, 0.1) is 11.8 Å². The van der Waals surface area contributed by atoms with Crippen molar-refractivity contribution >= 4 is 0 Å². The summed E-state index contributed by atoms with van der Waals surface area (Å²) in [4.78, 5) is 0. The standard InChI is InChI=1S/C24H25.K/c1-23(2,3)19-24(20-13-7-4-8-14-20,21-15-9-5-10-16-21)22-17-11-6-12-18-22;/h4-19H,1-3H3;/q-1;+1. The van der Waals surface area contributed by atoms with E-state index in [0.717, 1.165) is 0 Å². The van der Waals surface area contributed by atoms with Gasteiger partial charge >= 0.3 is 51.4 Å². The molecule has 1 heteroatoms. The van der Waals surface area contributed by atoms with Gasteiger partial charge in [-0.15, -0.1) is 0 Å². The van der Waals surface area contributed by atoms with Gasteiger partial charge in [0.1, 0.15) is 0 Å². The van der Waals surface area contributed by atoms with Crippen LogP contribution >= 0.6 is 0 Å². The maximum absolute atomic E-state index is 2.49. The van der Waals surface area contributed by atoms with Gasteiger partial charge in [0.05, 0.1) is 0 Å². The molecule has 0 aromatic heterocycles. The summed E-state index contributed by atoms with van der Waals surface area (Å²) in [6, 6.07) is 32.5. The van der Waals surface area contributed by atoms with E-state index in [-0.39, 0.29) is 62.2 Å². The smallest absolute Gasteiger partial charge is 0.304 e. The Balaban J connectivity index is 0.00000225. The van der Waals surface area contributed by atoms with E-state index in [1.807, 2.05) is 0 Å². The first-order chi connectivity index (χ1) is 11.5. The first-order valence-corrected chi connectivity index (χ1v) is 8.56. The number of rotatable bonds is 4. The van der Waals surface area contributed by atoms with Crippen molar-refractivity contribution in [2.75, 3.05) is 0 Å². The summed E-state index contributed by atoms with van der Waals surface area (Å²) >= 11 is 0. The minimum atomic E-state index is -0.262. The predicted molar refractivity (Wildman–Crippen MR) is 103 cm³/mol. The quantitative estimate of drug-likeness (QED) is 0.384. The SMILES string of the molecule is CC(C)(C)[CH-]C(c1ccccc1)(c1ccccc1)c1ccccc1.[K+]. The molecule has 0 aliphatic heterocycles. The van der Waals surface area contributed by atoms with Crippen LogP contribution in [0.2, 0.25) is 0 Å². The molecule has 0 nitrogen and oxygen atoms in total. The first kappa shape index (κ1) is 20.6. The minimum absolute atomic E-state index is 0. The van der Waals surface area contributed by atoms with Crippen molar-refractivity contribution in [3.8, 4) is 0 Å². The van der Waals surface area contributed by atoms with Gasteiger partial charge in [0.25, 0.3) is 0 Å². The van der Waals surface area contributed by atoms with Crippen LogP contribution in [0.25, 0.3) is 0 Å². The van der Waals surface area contributed by atoms with Crippen molar-refractivity contribution in [3.63, 3.8) is 0 Å². The zero-order valence-electron chi connectivity index (χ0n) is 15.7. The molecule has 0 radical (unpaired) electrons. The van der Waals surface area contributed by atoms with Crippen LogP contribution in [0.5, 0.6) is 0 Å². The fraction of sp³-hybridized carbons (Fsp3) is 0.208. The Labute approximate surface area is 195 Å². The van der Waals surface area contributed by atoms with Crippen LogP contribution in [0.15, 0.2) is 91.0 Å². The third-order valence-electron chi connectivity index (χ3n) is 4.34. The molecular weight excluding hydrogens is 327 g/mol. The van der Waals surface area contributed by atoms with E-state index in [1.165, 1.54) is 16.7 Å². The summed E-state index contributed by atoms with van der Waals surface area (Å²) in [6.07, 6.45) is 2.49.